The maximum Gasteiger partial charge on any atom is 0 e. The molecule has 0 radical (unpaired) electrons. The normalized spacial score (nSPS) is 12.2. The molecule has 0 aliphatic heterocycles. The molecule has 0 amide bonds. The van der Waals surface area contributed by atoms with Crippen LogP contribution in [0.4, 0.5) is 0 Å². The first-order valence-corrected chi connectivity index (χ1v) is 20.2. The van der Waals surface area contributed by atoms with Crippen LogP contribution in [0.1, 0.15) is 98.9 Å². The third-order valence-electron chi connectivity index (χ3n) is 10.1. The molecule has 0 fully saturated rings. The Labute approximate surface area is 408 Å². The quantitative estimate of drug-likeness (QED) is 0.152. The van der Waals surface area contributed by atoms with Crippen LogP contribution >= 0.6 is 24.8 Å². The molecule has 3 heteroatoms. The van der Waals surface area contributed by atoms with Crippen molar-refractivity contribution in [3.63, 3.8) is 0 Å². The molecule has 6 aromatic carbocycles. The molecular weight excluding hydrogens is 871 g/mol. The average Bonchev–Trinajstić information content (AvgIpc) is 4.07. The molecule has 0 aromatic heterocycles. The molecule has 6 aromatic rings. The minimum Gasteiger partial charge on any atom is -0.358 e. The summed E-state index contributed by atoms with van der Waals surface area (Å²) < 4.78 is 0. The Morgan fingerprint density at radius 3 is 1.10 bits per heavy atom. The Morgan fingerprint density at radius 2 is 0.790 bits per heavy atom. The summed E-state index contributed by atoms with van der Waals surface area (Å²) in [5.41, 5.74) is 16.6. The molecule has 324 valence electrons. The molecule has 4 aliphatic carbocycles. The summed E-state index contributed by atoms with van der Waals surface area (Å²) in [5.74, 6) is 0. The van der Waals surface area contributed by atoms with Gasteiger partial charge in [0.1, 0.15) is 0 Å². The summed E-state index contributed by atoms with van der Waals surface area (Å²) >= 11 is 0. The van der Waals surface area contributed by atoms with Crippen LogP contribution in [0.2, 0.25) is 0 Å². The minimum absolute atomic E-state index is 0. The van der Waals surface area contributed by atoms with E-state index in [0.29, 0.717) is 0 Å². The zero-order chi connectivity index (χ0) is 40.1. The molecule has 0 spiro atoms. The van der Waals surface area contributed by atoms with Gasteiger partial charge >= 0.3 is 0 Å². The molecule has 0 N–H and O–H groups in total. The summed E-state index contributed by atoms with van der Waals surface area (Å²) in [6, 6.07) is 54.2. The average molecular weight is 934 g/mol. The van der Waals surface area contributed by atoms with Gasteiger partial charge in [0.05, 0.1) is 0 Å². The fourth-order valence-corrected chi connectivity index (χ4v) is 6.96. The Bertz CT molecular complexity index is 2150. The monoisotopic (exact) mass is 931 g/mol. The Balaban J connectivity index is 0.000000405. The number of hydrogen-bond acceptors (Lipinski definition) is 0. The van der Waals surface area contributed by atoms with Crippen LogP contribution in [0.15, 0.2) is 170 Å². The third kappa shape index (κ3) is 16.1. The van der Waals surface area contributed by atoms with Crippen LogP contribution in [0.25, 0.3) is 22.3 Å². The predicted octanol–water partition coefficient (Wildman–Crippen LogP) is 16.4. The number of rotatable bonds is 2. The maximum atomic E-state index is 3.61. The fourth-order valence-electron chi connectivity index (χ4n) is 6.96. The van der Waals surface area contributed by atoms with Gasteiger partial charge in [0.2, 0.25) is 0 Å². The van der Waals surface area contributed by atoms with E-state index in [1.54, 1.807) is 0 Å². The third-order valence-corrected chi connectivity index (χ3v) is 10.1. The largest absolute Gasteiger partial charge is 0.358 e. The summed E-state index contributed by atoms with van der Waals surface area (Å²) in [7, 11) is 0. The van der Waals surface area contributed by atoms with Crippen molar-refractivity contribution >= 4 is 24.8 Å². The van der Waals surface area contributed by atoms with Crippen molar-refractivity contribution in [1.82, 2.24) is 0 Å². The molecule has 0 saturated carbocycles. The van der Waals surface area contributed by atoms with E-state index >= 15 is 0 Å². The number of allylic oxidation sites excluding steroid dienone is 8. The topological polar surface area (TPSA) is 0 Å². The van der Waals surface area contributed by atoms with Crippen LogP contribution in [0.5, 0.6) is 0 Å². The molecule has 4 aliphatic rings. The molecule has 0 bridgehead atoms. The molecule has 0 atom stereocenters. The van der Waals surface area contributed by atoms with E-state index in [9.17, 15) is 0 Å². The Morgan fingerprint density at radius 1 is 0.435 bits per heavy atom. The van der Waals surface area contributed by atoms with Crippen molar-refractivity contribution in [3.8, 4) is 22.3 Å². The second-order valence-electron chi connectivity index (χ2n) is 16.7. The maximum absolute atomic E-state index is 3.61. The van der Waals surface area contributed by atoms with Crippen molar-refractivity contribution in [3.05, 3.63) is 260 Å². The van der Waals surface area contributed by atoms with Gasteiger partial charge in [-0.05, 0) is 23.7 Å². The van der Waals surface area contributed by atoms with E-state index in [-0.39, 0.29) is 76.7 Å². The van der Waals surface area contributed by atoms with E-state index < -0.39 is 0 Å². The van der Waals surface area contributed by atoms with E-state index in [4.69, 9.17) is 0 Å². The van der Waals surface area contributed by atoms with Crippen molar-refractivity contribution < 1.29 is 26.2 Å². The first-order chi connectivity index (χ1) is 27.6. The van der Waals surface area contributed by atoms with Gasteiger partial charge in [-0.3, -0.25) is 12.2 Å². The van der Waals surface area contributed by atoms with Gasteiger partial charge in [-0.15, -0.1) is 102 Å². The van der Waals surface area contributed by atoms with Crippen molar-refractivity contribution in [2.24, 2.45) is 0 Å². The van der Waals surface area contributed by atoms with Gasteiger partial charge < -0.3 is 14.9 Å². The summed E-state index contributed by atoms with van der Waals surface area (Å²) in [5, 5.41) is 0. The van der Waals surface area contributed by atoms with Crippen LogP contribution in [-0.2, 0) is 49.9 Å². The van der Waals surface area contributed by atoms with Crippen LogP contribution in [0, 0.1) is 45.6 Å². The Kier molecular flexibility index (Phi) is 24.2. The standard InChI is InChI=1S/2C17H17.C13H11.2C5H5.2CH3.2ClH.Zr/c2*1-17(2,3)14-8-9-16-13(11-14)10-12-6-4-5-7-15(12)16;1-3-7-12(8-4-1)11-13-9-5-2-6-10-13;2*1-2-4-5-3-1;;;;;/h2*4-9H,10H2,1-3H3;1-11H;2*1-3H,4H2;2*1H3;2*1H;/q7*-1;;;. The summed E-state index contributed by atoms with van der Waals surface area (Å²) in [4.78, 5) is 0. The fraction of sp³-hybridized carbons (Fsp3) is 0.203. The van der Waals surface area contributed by atoms with E-state index in [2.05, 4.69) is 206 Å². The second kappa shape index (κ2) is 26.9. The van der Waals surface area contributed by atoms with Gasteiger partial charge in [0.15, 0.2) is 0 Å². The van der Waals surface area contributed by atoms with E-state index in [1.807, 2.05) is 36.4 Å². The number of fused-ring (bicyclic) bond motifs is 6. The van der Waals surface area contributed by atoms with Gasteiger partial charge in [0, 0.05) is 26.2 Å². The first-order valence-electron chi connectivity index (χ1n) is 20.2. The molecule has 0 nitrogen and oxygen atoms in total. The second-order valence-corrected chi connectivity index (χ2v) is 16.7. The van der Waals surface area contributed by atoms with Gasteiger partial charge in [-0.1, -0.05) is 149 Å². The number of halogens is 2. The predicted molar refractivity (Wildman–Crippen MR) is 270 cm³/mol. The number of hydrogen-bond donors (Lipinski definition) is 0. The van der Waals surface area contributed by atoms with E-state index in [1.165, 1.54) is 66.8 Å². The molecule has 0 unspecified atom stereocenters. The van der Waals surface area contributed by atoms with Crippen molar-refractivity contribution in [1.29, 1.82) is 0 Å². The van der Waals surface area contributed by atoms with Crippen LogP contribution < -0.4 is 0 Å². The first kappa shape index (κ1) is 55.6. The van der Waals surface area contributed by atoms with E-state index in [0.717, 1.165) is 25.7 Å². The van der Waals surface area contributed by atoms with Gasteiger partial charge in [0.25, 0.3) is 0 Å². The van der Waals surface area contributed by atoms with Gasteiger partial charge in [-0.2, -0.15) is 59.7 Å². The summed E-state index contributed by atoms with van der Waals surface area (Å²) in [6.07, 6.45) is 24.2. The van der Waals surface area contributed by atoms with Gasteiger partial charge in [-0.25, -0.2) is 24.3 Å². The van der Waals surface area contributed by atoms with Crippen molar-refractivity contribution in [2.75, 3.05) is 0 Å². The number of benzene rings is 6. The minimum atomic E-state index is 0. The molecule has 10 rings (SSSR count). The summed E-state index contributed by atoms with van der Waals surface area (Å²) in [6.45, 7) is 13.5. The zero-order valence-corrected chi connectivity index (χ0v) is 42.0. The molecule has 0 heterocycles. The molecular formula is C59H63Cl2Zr-7. The van der Waals surface area contributed by atoms with Crippen LogP contribution in [-0.4, -0.2) is 0 Å². The molecule has 62 heavy (non-hydrogen) atoms. The zero-order valence-electron chi connectivity index (χ0n) is 37.9. The smallest absolute Gasteiger partial charge is 0 e. The van der Waals surface area contributed by atoms with Crippen LogP contribution in [0.3, 0.4) is 0 Å². The van der Waals surface area contributed by atoms with Crippen molar-refractivity contribution in [2.45, 2.75) is 78.1 Å². The molecule has 0 saturated heterocycles. The SMILES string of the molecule is CC(C)(C)c1[c-]c2c(cc1)-c1ccccc1C2.CC(C)(C)c1[c-]c2c(cc1)-c1ccccc1C2.Cl.Cl.[C-]1=CC=CC1.[C-]1=CC=CC1.[CH3-].[CH3-].[Zr].c1ccc([CH-]c2ccccc2)cc1. The Hall–Kier alpha value is -4.39.